The molecule has 0 amide bonds. The van der Waals surface area contributed by atoms with Gasteiger partial charge in [0.2, 0.25) is 5.88 Å². The second kappa shape index (κ2) is 10.4. The first-order valence-electron chi connectivity index (χ1n) is 9.23. The van der Waals surface area contributed by atoms with Gasteiger partial charge in [0.25, 0.3) is 0 Å². The number of hydrogen-bond acceptors (Lipinski definition) is 6. The second-order valence-electron chi connectivity index (χ2n) is 5.99. The molecule has 2 aliphatic heterocycles. The summed E-state index contributed by atoms with van der Waals surface area (Å²) in [4.78, 5) is 16.6. The van der Waals surface area contributed by atoms with Crippen molar-refractivity contribution in [3.63, 3.8) is 0 Å². The Balaban J connectivity index is 0.00000109. The van der Waals surface area contributed by atoms with Crippen LogP contribution < -0.4 is 4.74 Å². The standard InChI is InChI=1S/C17H23NO5.C2H6/c1-12-6-7-18-16(22-10-13-4-2-8-20-13)15(12)17(19)23-11-14-5-3-9-21-14;1-2/h6-7,13-14H,2-5,8-11H2,1H3;1-2H3. The summed E-state index contributed by atoms with van der Waals surface area (Å²) in [6.07, 6.45) is 5.69. The summed E-state index contributed by atoms with van der Waals surface area (Å²) in [6.45, 7) is 8.04. The molecule has 2 atom stereocenters. The van der Waals surface area contributed by atoms with Crippen molar-refractivity contribution in [2.24, 2.45) is 0 Å². The zero-order valence-electron chi connectivity index (χ0n) is 15.5. The number of aromatic nitrogens is 1. The van der Waals surface area contributed by atoms with E-state index >= 15 is 0 Å². The lowest BCUT2D eigenvalue weighted by atomic mass is 10.1. The van der Waals surface area contributed by atoms with E-state index in [9.17, 15) is 4.79 Å². The number of rotatable bonds is 6. The van der Waals surface area contributed by atoms with Gasteiger partial charge in [-0.25, -0.2) is 9.78 Å². The molecule has 2 aliphatic rings. The van der Waals surface area contributed by atoms with Crippen LogP contribution in [0, 0.1) is 6.92 Å². The average molecular weight is 351 g/mol. The van der Waals surface area contributed by atoms with Gasteiger partial charge in [0.15, 0.2) is 0 Å². The molecule has 0 aromatic carbocycles. The molecule has 6 nitrogen and oxygen atoms in total. The van der Waals surface area contributed by atoms with Gasteiger partial charge in [0.1, 0.15) is 18.8 Å². The van der Waals surface area contributed by atoms with Gasteiger partial charge in [-0.1, -0.05) is 13.8 Å². The molecule has 140 valence electrons. The summed E-state index contributed by atoms with van der Waals surface area (Å²) in [6, 6.07) is 1.78. The number of carbonyl (C=O) groups is 1. The lowest BCUT2D eigenvalue weighted by Crippen LogP contribution is -2.21. The molecule has 2 unspecified atom stereocenters. The van der Waals surface area contributed by atoms with Crippen molar-refractivity contribution in [2.45, 2.75) is 58.7 Å². The lowest BCUT2D eigenvalue weighted by Gasteiger charge is -2.15. The Morgan fingerprint density at radius 2 is 1.80 bits per heavy atom. The quantitative estimate of drug-likeness (QED) is 0.733. The van der Waals surface area contributed by atoms with Gasteiger partial charge in [-0.15, -0.1) is 0 Å². The van der Waals surface area contributed by atoms with E-state index < -0.39 is 5.97 Å². The maximum absolute atomic E-state index is 12.4. The minimum atomic E-state index is -0.409. The Hall–Kier alpha value is -1.66. The number of pyridine rings is 1. The molecule has 0 N–H and O–H groups in total. The molecule has 3 heterocycles. The predicted octanol–water partition coefficient (Wildman–Crippen LogP) is 3.31. The highest BCUT2D eigenvalue weighted by Gasteiger charge is 2.23. The monoisotopic (exact) mass is 351 g/mol. The fourth-order valence-corrected chi connectivity index (χ4v) is 2.86. The normalized spacial score (nSPS) is 22.2. The van der Waals surface area contributed by atoms with E-state index in [0.717, 1.165) is 44.5 Å². The fourth-order valence-electron chi connectivity index (χ4n) is 2.86. The van der Waals surface area contributed by atoms with Crippen LogP contribution in [-0.2, 0) is 14.2 Å². The van der Waals surface area contributed by atoms with Crippen molar-refractivity contribution in [2.75, 3.05) is 26.4 Å². The van der Waals surface area contributed by atoms with E-state index in [1.807, 2.05) is 20.8 Å². The summed E-state index contributed by atoms with van der Waals surface area (Å²) in [5.41, 5.74) is 1.18. The molecular formula is C19H29NO5. The molecule has 0 radical (unpaired) electrons. The van der Waals surface area contributed by atoms with Crippen molar-refractivity contribution in [3.05, 3.63) is 23.4 Å². The summed E-state index contributed by atoms with van der Waals surface area (Å²) < 4.78 is 22.1. The van der Waals surface area contributed by atoms with Crippen LogP contribution in [0.3, 0.4) is 0 Å². The molecular weight excluding hydrogens is 322 g/mol. The largest absolute Gasteiger partial charge is 0.474 e. The number of hydrogen-bond donors (Lipinski definition) is 0. The highest BCUT2D eigenvalue weighted by molar-refractivity contribution is 5.93. The SMILES string of the molecule is CC.Cc1ccnc(OCC2CCCO2)c1C(=O)OCC1CCCO1. The molecule has 0 saturated carbocycles. The molecule has 2 fully saturated rings. The van der Waals surface area contributed by atoms with Gasteiger partial charge in [0.05, 0.1) is 12.2 Å². The summed E-state index contributed by atoms with van der Waals surface area (Å²) in [7, 11) is 0. The minimum Gasteiger partial charge on any atom is -0.474 e. The van der Waals surface area contributed by atoms with E-state index in [1.165, 1.54) is 0 Å². The highest BCUT2D eigenvalue weighted by atomic mass is 16.6. The minimum absolute atomic E-state index is 0.00665. The zero-order chi connectivity index (χ0) is 18.1. The zero-order valence-corrected chi connectivity index (χ0v) is 15.5. The Morgan fingerprint density at radius 1 is 1.16 bits per heavy atom. The smallest absolute Gasteiger partial charge is 0.344 e. The molecule has 2 saturated heterocycles. The first kappa shape index (κ1) is 19.7. The van der Waals surface area contributed by atoms with Crippen LogP contribution in [0.4, 0.5) is 0 Å². The summed E-state index contributed by atoms with van der Waals surface area (Å²) in [5, 5.41) is 0. The number of carbonyl (C=O) groups excluding carboxylic acids is 1. The van der Waals surface area contributed by atoms with Crippen molar-refractivity contribution < 1.29 is 23.7 Å². The van der Waals surface area contributed by atoms with Crippen LogP contribution in [0.25, 0.3) is 0 Å². The topological polar surface area (TPSA) is 66.9 Å². The Kier molecular flexibility index (Phi) is 8.15. The fraction of sp³-hybridized carbons (Fsp3) is 0.684. The van der Waals surface area contributed by atoms with E-state index in [1.54, 1.807) is 12.3 Å². The Morgan fingerprint density at radius 3 is 2.40 bits per heavy atom. The molecule has 1 aromatic heterocycles. The number of ether oxygens (including phenoxy) is 4. The first-order chi connectivity index (χ1) is 12.2. The van der Waals surface area contributed by atoms with Crippen molar-refractivity contribution in [3.8, 4) is 5.88 Å². The van der Waals surface area contributed by atoms with Gasteiger partial charge in [-0.2, -0.15) is 0 Å². The van der Waals surface area contributed by atoms with Crippen LogP contribution >= 0.6 is 0 Å². The van der Waals surface area contributed by atoms with Gasteiger partial charge in [0, 0.05) is 19.4 Å². The van der Waals surface area contributed by atoms with Crippen LogP contribution in [0.1, 0.15) is 55.5 Å². The van der Waals surface area contributed by atoms with Gasteiger partial charge < -0.3 is 18.9 Å². The molecule has 0 aliphatic carbocycles. The van der Waals surface area contributed by atoms with Gasteiger partial charge in [-0.3, -0.25) is 0 Å². The average Bonchev–Trinajstić information content (AvgIpc) is 3.33. The van der Waals surface area contributed by atoms with E-state index in [-0.39, 0.29) is 18.8 Å². The molecule has 1 aromatic rings. The lowest BCUT2D eigenvalue weighted by molar-refractivity contribution is 0.0153. The third-order valence-corrected chi connectivity index (χ3v) is 4.18. The number of esters is 1. The summed E-state index contributed by atoms with van der Waals surface area (Å²) in [5.74, 6) is -0.0914. The molecule has 25 heavy (non-hydrogen) atoms. The molecule has 0 bridgehead atoms. The number of aryl methyl sites for hydroxylation is 1. The van der Waals surface area contributed by atoms with E-state index in [2.05, 4.69) is 4.98 Å². The van der Waals surface area contributed by atoms with Crippen molar-refractivity contribution >= 4 is 5.97 Å². The van der Waals surface area contributed by atoms with Gasteiger partial charge >= 0.3 is 5.97 Å². The van der Waals surface area contributed by atoms with Crippen molar-refractivity contribution in [1.29, 1.82) is 0 Å². The van der Waals surface area contributed by atoms with Crippen LogP contribution in [0.2, 0.25) is 0 Å². The maximum atomic E-state index is 12.4. The van der Waals surface area contributed by atoms with Crippen molar-refractivity contribution in [1.82, 2.24) is 4.98 Å². The van der Waals surface area contributed by atoms with E-state index in [4.69, 9.17) is 18.9 Å². The predicted molar refractivity (Wildman–Crippen MR) is 94.0 cm³/mol. The van der Waals surface area contributed by atoms with Crippen LogP contribution in [0.5, 0.6) is 5.88 Å². The van der Waals surface area contributed by atoms with E-state index in [0.29, 0.717) is 18.1 Å². The Bertz CT molecular complexity index is 537. The van der Waals surface area contributed by atoms with Crippen LogP contribution in [-0.4, -0.2) is 49.6 Å². The number of nitrogens with zero attached hydrogens (tertiary/aromatic N) is 1. The maximum Gasteiger partial charge on any atom is 0.344 e. The van der Waals surface area contributed by atoms with Gasteiger partial charge in [-0.05, 0) is 44.2 Å². The summed E-state index contributed by atoms with van der Waals surface area (Å²) >= 11 is 0. The molecule has 3 rings (SSSR count). The molecule has 6 heteroatoms. The Labute approximate surface area is 149 Å². The highest BCUT2D eigenvalue weighted by Crippen LogP contribution is 2.22. The second-order valence-corrected chi connectivity index (χ2v) is 5.99. The third kappa shape index (κ3) is 5.68. The molecule has 0 spiro atoms. The third-order valence-electron chi connectivity index (χ3n) is 4.18. The first-order valence-corrected chi connectivity index (χ1v) is 9.23. The van der Waals surface area contributed by atoms with Crippen LogP contribution in [0.15, 0.2) is 12.3 Å².